The van der Waals surface area contributed by atoms with Gasteiger partial charge < -0.3 is 13.3 Å². The summed E-state index contributed by atoms with van der Waals surface area (Å²) in [5.41, 5.74) is 1.29. The molecule has 0 aliphatic heterocycles. The molecule has 0 atom stereocenters. The van der Waals surface area contributed by atoms with Crippen LogP contribution in [0.5, 0.6) is 0 Å². The number of rotatable bonds is 9. The van der Waals surface area contributed by atoms with Crippen LogP contribution in [0, 0.1) is 0 Å². The third-order valence-electron chi connectivity index (χ3n) is 2.86. The summed E-state index contributed by atoms with van der Waals surface area (Å²) in [4.78, 5) is 0. The summed E-state index contributed by atoms with van der Waals surface area (Å²) in [7, 11) is -0.481. The standard InChI is InChI=1S/C14H26NO3Si/c1-5-16-19(17-6-2,18-7-3)13-10-14-8-11-15(4)12-9-14/h8-9,11-12H,5-7,10,13H2,1-4H3/q+1. The zero-order valence-electron chi connectivity index (χ0n) is 12.5. The summed E-state index contributed by atoms with van der Waals surface area (Å²) in [6.45, 7) is 7.87. The summed E-state index contributed by atoms with van der Waals surface area (Å²) < 4.78 is 19.6. The normalized spacial score (nSPS) is 11.8. The molecule has 0 aliphatic rings. The highest BCUT2D eigenvalue weighted by atomic mass is 28.4. The van der Waals surface area contributed by atoms with Crippen molar-refractivity contribution in [2.75, 3.05) is 19.8 Å². The molecule has 1 aromatic heterocycles. The van der Waals surface area contributed by atoms with Crippen molar-refractivity contribution in [1.29, 1.82) is 0 Å². The van der Waals surface area contributed by atoms with Crippen LogP contribution in [0.3, 0.4) is 0 Å². The Hall–Kier alpha value is -0.753. The lowest BCUT2D eigenvalue weighted by Crippen LogP contribution is -2.46. The summed E-state index contributed by atoms with van der Waals surface area (Å²) in [5, 5.41) is 0. The Morgan fingerprint density at radius 3 is 1.84 bits per heavy atom. The second kappa shape index (κ2) is 8.42. The molecule has 19 heavy (non-hydrogen) atoms. The van der Waals surface area contributed by atoms with Gasteiger partial charge in [-0.15, -0.1) is 0 Å². The van der Waals surface area contributed by atoms with E-state index in [1.807, 2.05) is 32.4 Å². The van der Waals surface area contributed by atoms with Gasteiger partial charge in [0.2, 0.25) is 0 Å². The molecule has 1 aromatic rings. The van der Waals surface area contributed by atoms with E-state index in [1.165, 1.54) is 5.56 Å². The van der Waals surface area contributed by atoms with Crippen LogP contribution < -0.4 is 4.57 Å². The number of aryl methyl sites for hydroxylation is 2. The first-order valence-corrected chi connectivity index (χ1v) is 8.95. The van der Waals surface area contributed by atoms with E-state index in [0.29, 0.717) is 19.8 Å². The van der Waals surface area contributed by atoms with E-state index >= 15 is 0 Å². The maximum atomic E-state index is 5.85. The van der Waals surface area contributed by atoms with Gasteiger partial charge in [-0.25, -0.2) is 4.57 Å². The van der Waals surface area contributed by atoms with Crippen molar-refractivity contribution in [3.05, 3.63) is 30.1 Å². The number of hydrogen-bond donors (Lipinski definition) is 0. The molecule has 0 aromatic carbocycles. The average molecular weight is 284 g/mol. The monoisotopic (exact) mass is 284 g/mol. The first kappa shape index (κ1) is 16.3. The smallest absolute Gasteiger partial charge is 0.374 e. The molecule has 0 unspecified atom stereocenters. The number of nitrogens with zero attached hydrogens (tertiary/aromatic N) is 1. The molecule has 0 saturated carbocycles. The molecule has 0 saturated heterocycles. The fraction of sp³-hybridized carbons (Fsp3) is 0.643. The molecular formula is C14H26NO3Si+. The first-order valence-electron chi connectivity index (χ1n) is 7.01. The predicted octanol–water partition coefficient (Wildman–Crippen LogP) is 2.10. The SMILES string of the molecule is CCO[Si](CCc1cc[n+](C)cc1)(OCC)OCC. The second-order valence-electron chi connectivity index (χ2n) is 4.35. The van der Waals surface area contributed by atoms with Crippen molar-refractivity contribution >= 4 is 8.80 Å². The van der Waals surface area contributed by atoms with Crippen molar-refractivity contribution in [2.24, 2.45) is 7.05 Å². The molecule has 0 radical (unpaired) electrons. The predicted molar refractivity (Wildman–Crippen MR) is 76.8 cm³/mol. The highest BCUT2D eigenvalue weighted by Crippen LogP contribution is 2.18. The van der Waals surface area contributed by atoms with Gasteiger partial charge in [-0.3, -0.25) is 0 Å². The van der Waals surface area contributed by atoms with E-state index < -0.39 is 8.80 Å². The lowest BCUT2D eigenvalue weighted by molar-refractivity contribution is -0.671. The third kappa shape index (κ3) is 5.40. The summed E-state index contributed by atoms with van der Waals surface area (Å²) in [6, 6.07) is 5.09. The molecule has 0 spiro atoms. The zero-order chi connectivity index (χ0) is 14.1. The highest BCUT2D eigenvalue weighted by molar-refractivity contribution is 6.60. The van der Waals surface area contributed by atoms with Crippen LogP contribution >= 0.6 is 0 Å². The Kier molecular flexibility index (Phi) is 7.23. The van der Waals surface area contributed by atoms with Crippen molar-refractivity contribution in [3.63, 3.8) is 0 Å². The maximum absolute atomic E-state index is 5.85. The van der Waals surface area contributed by atoms with Gasteiger partial charge in [-0.2, -0.15) is 0 Å². The Morgan fingerprint density at radius 2 is 1.42 bits per heavy atom. The molecule has 1 heterocycles. The van der Waals surface area contributed by atoms with Crippen LogP contribution in [0.25, 0.3) is 0 Å². The van der Waals surface area contributed by atoms with Gasteiger partial charge >= 0.3 is 8.80 Å². The Balaban J connectivity index is 2.67. The Morgan fingerprint density at radius 1 is 0.947 bits per heavy atom. The number of pyridine rings is 1. The van der Waals surface area contributed by atoms with Crippen LogP contribution in [-0.2, 0) is 26.7 Å². The lowest BCUT2D eigenvalue weighted by Gasteiger charge is -2.28. The number of hydrogen-bond acceptors (Lipinski definition) is 3. The minimum absolute atomic E-state index is 0.635. The van der Waals surface area contributed by atoms with Gasteiger partial charge in [0.05, 0.1) is 0 Å². The van der Waals surface area contributed by atoms with Gasteiger partial charge in [0.1, 0.15) is 7.05 Å². The average Bonchev–Trinajstić information content (AvgIpc) is 2.39. The maximum Gasteiger partial charge on any atom is 0.501 e. The van der Waals surface area contributed by atoms with Gasteiger partial charge in [0, 0.05) is 38.0 Å². The van der Waals surface area contributed by atoms with Crippen LogP contribution in [0.2, 0.25) is 6.04 Å². The molecule has 108 valence electrons. The van der Waals surface area contributed by atoms with Gasteiger partial charge in [0.15, 0.2) is 12.4 Å². The van der Waals surface area contributed by atoms with Crippen LogP contribution in [0.1, 0.15) is 26.3 Å². The van der Waals surface area contributed by atoms with E-state index in [9.17, 15) is 0 Å². The van der Waals surface area contributed by atoms with Gasteiger partial charge in [-0.1, -0.05) is 0 Å². The van der Waals surface area contributed by atoms with E-state index in [0.717, 1.165) is 12.5 Å². The van der Waals surface area contributed by atoms with Gasteiger partial charge in [-0.05, 0) is 32.8 Å². The van der Waals surface area contributed by atoms with Crippen LogP contribution in [0.4, 0.5) is 0 Å². The van der Waals surface area contributed by atoms with E-state index in [2.05, 4.69) is 24.5 Å². The third-order valence-corrected chi connectivity index (χ3v) is 5.91. The summed E-state index contributed by atoms with van der Waals surface area (Å²) >= 11 is 0. The highest BCUT2D eigenvalue weighted by Gasteiger charge is 2.39. The zero-order valence-corrected chi connectivity index (χ0v) is 13.5. The van der Waals surface area contributed by atoms with E-state index in [1.54, 1.807) is 0 Å². The number of aromatic nitrogens is 1. The minimum Gasteiger partial charge on any atom is -0.374 e. The minimum atomic E-state index is -2.50. The van der Waals surface area contributed by atoms with Gasteiger partial charge in [0.25, 0.3) is 0 Å². The van der Waals surface area contributed by atoms with E-state index in [-0.39, 0.29) is 0 Å². The lowest BCUT2D eigenvalue weighted by atomic mass is 10.2. The first-order chi connectivity index (χ1) is 9.15. The Bertz CT molecular complexity index is 339. The topological polar surface area (TPSA) is 31.6 Å². The van der Waals surface area contributed by atoms with Crippen molar-refractivity contribution in [3.8, 4) is 0 Å². The molecular weight excluding hydrogens is 258 g/mol. The Labute approximate surface area is 117 Å². The second-order valence-corrected chi connectivity index (χ2v) is 7.09. The van der Waals surface area contributed by atoms with Crippen molar-refractivity contribution in [1.82, 2.24) is 0 Å². The molecule has 0 bridgehead atoms. The molecule has 0 aliphatic carbocycles. The molecule has 0 N–H and O–H groups in total. The molecule has 5 heteroatoms. The van der Waals surface area contributed by atoms with Crippen molar-refractivity contribution < 1.29 is 17.8 Å². The molecule has 1 rings (SSSR count). The van der Waals surface area contributed by atoms with Crippen molar-refractivity contribution in [2.45, 2.75) is 33.2 Å². The molecule has 0 amide bonds. The fourth-order valence-electron chi connectivity index (χ4n) is 2.00. The van der Waals surface area contributed by atoms with Crippen LogP contribution in [-0.4, -0.2) is 28.6 Å². The van der Waals surface area contributed by atoms with Crippen LogP contribution in [0.15, 0.2) is 24.5 Å². The molecule has 4 nitrogen and oxygen atoms in total. The van der Waals surface area contributed by atoms with E-state index in [4.69, 9.17) is 13.3 Å². The molecule has 0 fully saturated rings. The summed E-state index contributed by atoms with van der Waals surface area (Å²) in [5.74, 6) is 0. The quantitative estimate of drug-likeness (QED) is 0.514. The largest absolute Gasteiger partial charge is 0.501 e. The summed E-state index contributed by atoms with van der Waals surface area (Å²) in [6.07, 6.45) is 5.04. The fourth-order valence-corrected chi connectivity index (χ4v) is 4.59.